The van der Waals surface area contributed by atoms with Crippen LogP contribution in [-0.2, 0) is 19.6 Å². The third-order valence-electron chi connectivity index (χ3n) is 4.63. The van der Waals surface area contributed by atoms with E-state index in [1.54, 1.807) is 18.4 Å². The van der Waals surface area contributed by atoms with Crippen molar-refractivity contribution in [2.24, 2.45) is 0 Å². The van der Waals surface area contributed by atoms with Gasteiger partial charge in [0.25, 0.3) is 0 Å². The van der Waals surface area contributed by atoms with Gasteiger partial charge < -0.3 is 9.30 Å². The molecule has 1 aliphatic rings. The lowest BCUT2D eigenvalue weighted by Gasteiger charge is -2.36. The average molecular weight is 340 g/mol. The third-order valence-corrected chi connectivity index (χ3v) is 5.26. The fourth-order valence-electron chi connectivity index (χ4n) is 3.30. The molecule has 0 amide bonds. The molecule has 0 aliphatic carbocycles. The first-order valence-corrected chi connectivity index (χ1v) is 8.95. The number of methoxy groups -OCH3 is 1. The molecule has 3 aromatic rings. The SMILES string of the molecule is COc1ccc([C@@H]2Cn3c(C)cnc3CN2Cc2cscn2)cc1. The number of aryl methyl sites for hydroxylation is 1. The molecular weight excluding hydrogens is 320 g/mol. The molecule has 1 aliphatic heterocycles. The van der Waals surface area contributed by atoms with Gasteiger partial charge >= 0.3 is 0 Å². The Hall–Kier alpha value is -2.18. The molecule has 1 atom stereocenters. The molecule has 124 valence electrons. The van der Waals surface area contributed by atoms with Crippen molar-refractivity contribution >= 4 is 11.3 Å². The van der Waals surface area contributed by atoms with Crippen LogP contribution in [0, 0.1) is 6.92 Å². The van der Waals surface area contributed by atoms with Gasteiger partial charge in [0.1, 0.15) is 11.6 Å². The van der Waals surface area contributed by atoms with Crippen LogP contribution >= 0.6 is 11.3 Å². The van der Waals surface area contributed by atoms with E-state index in [-0.39, 0.29) is 0 Å². The van der Waals surface area contributed by atoms with E-state index in [1.807, 2.05) is 23.8 Å². The van der Waals surface area contributed by atoms with Crippen LogP contribution in [0.4, 0.5) is 0 Å². The summed E-state index contributed by atoms with van der Waals surface area (Å²) in [5.74, 6) is 2.02. The van der Waals surface area contributed by atoms with Crippen molar-refractivity contribution in [2.45, 2.75) is 32.6 Å². The fourth-order valence-corrected chi connectivity index (χ4v) is 3.85. The van der Waals surface area contributed by atoms with E-state index in [0.29, 0.717) is 6.04 Å². The number of benzene rings is 1. The molecule has 4 rings (SSSR count). The van der Waals surface area contributed by atoms with Crippen molar-refractivity contribution in [3.63, 3.8) is 0 Å². The number of imidazole rings is 1. The van der Waals surface area contributed by atoms with Gasteiger partial charge in [0, 0.05) is 30.4 Å². The van der Waals surface area contributed by atoms with E-state index in [9.17, 15) is 0 Å². The summed E-state index contributed by atoms with van der Waals surface area (Å²) in [5.41, 5.74) is 5.53. The lowest BCUT2D eigenvalue weighted by atomic mass is 10.0. The molecule has 0 N–H and O–H groups in total. The highest BCUT2D eigenvalue weighted by Crippen LogP contribution is 2.32. The summed E-state index contributed by atoms with van der Waals surface area (Å²) < 4.78 is 7.62. The molecule has 0 spiro atoms. The molecule has 24 heavy (non-hydrogen) atoms. The van der Waals surface area contributed by atoms with Crippen LogP contribution in [-0.4, -0.2) is 26.5 Å². The number of thiazole rings is 1. The van der Waals surface area contributed by atoms with Gasteiger partial charge in [-0.05, 0) is 24.6 Å². The number of aromatic nitrogens is 3. The second-order valence-corrected chi connectivity index (χ2v) is 6.82. The minimum atomic E-state index is 0.304. The number of hydrogen-bond donors (Lipinski definition) is 0. The summed E-state index contributed by atoms with van der Waals surface area (Å²) in [4.78, 5) is 11.5. The van der Waals surface area contributed by atoms with E-state index in [1.165, 1.54) is 11.3 Å². The predicted molar refractivity (Wildman–Crippen MR) is 94.1 cm³/mol. The zero-order chi connectivity index (χ0) is 16.5. The molecule has 6 heteroatoms. The minimum absolute atomic E-state index is 0.304. The normalized spacial score (nSPS) is 17.7. The third kappa shape index (κ3) is 2.83. The van der Waals surface area contributed by atoms with E-state index >= 15 is 0 Å². The van der Waals surface area contributed by atoms with Crippen LogP contribution in [0.3, 0.4) is 0 Å². The van der Waals surface area contributed by atoms with Gasteiger partial charge in [0.2, 0.25) is 0 Å². The molecule has 1 aromatic carbocycles. The van der Waals surface area contributed by atoms with Crippen molar-refractivity contribution in [2.75, 3.05) is 7.11 Å². The summed E-state index contributed by atoms with van der Waals surface area (Å²) in [7, 11) is 1.70. The summed E-state index contributed by atoms with van der Waals surface area (Å²) in [6.45, 7) is 4.71. The Balaban J connectivity index is 1.67. The number of hydrogen-bond acceptors (Lipinski definition) is 5. The number of rotatable bonds is 4. The lowest BCUT2D eigenvalue weighted by molar-refractivity contribution is 0.126. The number of ether oxygens (including phenoxy) is 1. The van der Waals surface area contributed by atoms with Crippen molar-refractivity contribution in [3.8, 4) is 5.75 Å². The van der Waals surface area contributed by atoms with Crippen LogP contribution in [0.25, 0.3) is 0 Å². The molecule has 0 radical (unpaired) electrons. The second kappa shape index (κ2) is 6.37. The molecule has 5 nitrogen and oxygen atoms in total. The quantitative estimate of drug-likeness (QED) is 0.730. The van der Waals surface area contributed by atoms with Crippen LogP contribution in [0.1, 0.15) is 28.8 Å². The number of nitrogens with zero attached hydrogens (tertiary/aromatic N) is 4. The summed E-state index contributed by atoms with van der Waals surface area (Å²) in [6.07, 6.45) is 1.97. The molecular formula is C18H20N4OS. The lowest BCUT2D eigenvalue weighted by Crippen LogP contribution is -2.37. The van der Waals surface area contributed by atoms with Crippen LogP contribution in [0.2, 0.25) is 0 Å². The topological polar surface area (TPSA) is 43.2 Å². The zero-order valence-corrected chi connectivity index (χ0v) is 14.7. The summed E-state index contributed by atoms with van der Waals surface area (Å²) >= 11 is 1.64. The van der Waals surface area contributed by atoms with Crippen molar-refractivity contribution < 1.29 is 4.74 Å². The van der Waals surface area contributed by atoms with Crippen molar-refractivity contribution in [1.82, 2.24) is 19.4 Å². The van der Waals surface area contributed by atoms with E-state index in [0.717, 1.165) is 36.9 Å². The molecule has 3 heterocycles. The van der Waals surface area contributed by atoms with Gasteiger partial charge in [-0.3, -0.25) is 4.90 Å². The Morgan fingerprint density at radius 1 is 1.25 bits per heavy atom. The maximum atomic E-state index is 5.29. The van der Waals surface area contributed by atoms with Gasteiger partial charge in [0.15, 0.2) is 0 Å². The standard InChI is InChI=1S/C18H20N4OS/c1-13-7-19-18-10-21(8-15-11-24-12-20-15)17(9-22(13)18)14-3-5-16(23-2)6-4-14/h3-7,11-12,17H,8-10H2,1-2H3/t17-/m0/s1. The Kier molecular flexibility index (Phi) is 4.08. The van der Waals surface area contributed by atoms with Crippen LogP contribution < -0.4 is 4.74 Å². The highest BCUT2D eigenvalue weighted by atomic mass is 32.1. The first-order chi connectivity index (χ1) is 11.7. The molecule has 0 saturated carbocycles. The highest BCUT2D eigenvalue weighted by Gasteiger charge is 2.29. The second-order valence-electron chi connectivity index (χ2n) is 6.10. The summed E-state index contributed by atoms with van der Waals surface area (Å²) in [6, 6.07) is 8.70. The van der Waals surface area contributed by atoms with E-state index < -0.39 is 0 Å². The van der Waals surface area contributed by atoms with Crippen molar-refractivity contribution in [3.05, 3.63) is 64.1 Å². The number of fused-ring (bicyclic) bond motifs is 1. The van der Waals surface area contributed by atoms with Crippen LogP contribution in [0.5, 0.6) is 5.75 Å². The van der Waals surface area contributed by atoms with Crippen molar-refractivity contribution in [1.29, 1.82) is 0 Å². The molecule has 0 unspecified atom stereocenters. The largest absolute Gasteiger partial charge is 0.497 e. The maximum absolute atomic E-state index is 5.29. The first kappa shape index (κ1) is 15.4. The Labute approximate surface area is 145 Å². The Bertz CT molecular complexity index is 810. The average Bonchev–Trinajstić information content (AvgIpc) is 3.25. The predicted octanol–water partition coefficient (Wildman–Crippen LogP) is 3.41. The van der Waals surface area contributed by atoms with Gasteiger partial charge in [-0.2, -0.15) is 0 Å². The summed E-state index contributed by atoms with van der Waals surface area (Å²) in [5, 5.41) is 2.12. The van der Waals surface area contributed by atoms with Gasteiger partial charge in [-0.1, -0.05) is 12.1 Å². The fraction of sp³-hybridized carbons (Fsp3) is 0.333. The van der Waals surface area contributed by atoms with E-state index in [4.69, 9.17) is 4.74 Å². The smallest absolute Gasteiger partial charge is 0.123 e. The molecule has 2 aromatic heterocycles. The van der Waals surface area contributed by atoms with Gasteiger partial charge in [-0.15, -0.1) is 11.3 Å². The monoisotopic (exact) mass is 340 g/mol. The zero-order valence-electron chi connectivity index (χ0n) is 13.8. The Morgan fingerprint density at radius 3 is 2.79 bits per heavy atom. The molecule has 0 saturated heterocycles. The first-order valence-electron chi connectivity index (χ1n) is 8.00. The molecule has 0 bridgehead atoms. The maximum Gasteiger partial charge on any atom is 0.123 e. The minimum Gasteiger partial charge on any atom is -0.497 e. The highest BCUT2D eigenvalue weighted by molar-refractivity contribution is 7.07. The van der Waals surface area contributed by atoms with E-state index in [2.05, 4.69) is 43.9 Å². The molecule has 0 fully saturated rings. The van der Waals surface area contributed by atoms with Crippen LogP contribution in [0.15, 0.2) is 41.4 Å². The Morgan fingerprint density at radius 2 is 2.08 bits per heavy atom. The van der Waals surface area contributed by atoms with Gasteiger partial charge in [0.05, 0.1) is 30.9 Å². The van der Waals surface area contributed by atoms with Gasteiger partial charge in [-0.25, -0.2) is 9.97 Å².